The first-order chi connectivity index (χ1) is 13.2. The highest BCUT2D eigenvalue weighted by Gasteiger charge is 2.34. The zero-order chi connectivity index (χ0) is 18.5. The topological polar surface area (TPSA) is 61.4 Å². The van der Waals surface area contributed by atoms with Crippen molar-refractivity contribution in [3.8, 4) is 28.3 Å². The van der Waals surface area contributed by atoms with E-state index in [1.807, 2.05) is 30.3 Å². The summed E-state index contributed by atoms with van der Waals surface area (Å²) in [6.45, 7) is 0. The first-order valence-corrected chi connectivity index (χ1v) is 9.60. The summed E-state index contributed by atoms with van der Waals surface area (Å²) in [5.74, 6) is 0.454. The Balaban J connectivity index is 1.97. The number of ether oxygens (including phenoxy) is 1. The zero-order valence-corrected chi connectivity index (χ0v) is 16.0. The van der Waals surface area contributed by atoms with Gasteiger partial charge in [0, 0.05) is 34.3 Å². The molecule has 0 unspecified atom stereocenters. The van der Waals surface area contributed by atoms with Crippen LogP contribution >= 0.6 is 15.9 Å². The minimum absolute atomic E-state index is 0.159. The van der Waals surface area contributed by atoms with E-state index in [0.717, 1.165) is 44.3 Å². The molecular formula is C21H14BrN3O2. The molecule has 0 bridgehead atoms. The van der Waals surface area contributed by atoms with Crippen LogP contribution in [0.4, 0.5) is 0 Å². The average molecular weight is 420 g/mol. The number of benzene rings is 3. The van der Waals surface area contributed by atoms with Crippen molar-refractivity contribution < 1.29 is 14.5 Å². The van der Waals surface area contributed by atoms with Gasteiger partial charge in [0.1, 0.15) is 17.0 Å². The Hall–Kier alpha value is -2.99. The van der Waals surface area contributed by atoms with Crippen molar-refractivity contribution in [3.63, 3.8) is 0 Å². The molecule has 1 aromatic heterocycles. The minimum Gasteiger partial charge on any atom is -0.857 e. The number of alkyl halides is 1. The Morgan fingerprint density at radius 3 is 2.67 bits per heavy atom. The fourth-order valence-corrected chi connectivity index (χ4v) is 3.81. The lowest BCUT2D eigenvalue weighted by atomic mass is 10.0. The summed E-state index contributed by atoms with van der Waals surface area (Å²) in [7, 11) is 1.62. The van der Waals surface area contributed by atoms with Gasteiger partial charge < -0.3 is 9.84 Å². The first-order valence-electron chi connectivity index (χ1n) is 8.48. The number of halogens is 1. The zero-order valence-electron chi connectivity index (χ0n) is 14.4. The van der Waals surface area contributed by atoms with Gasteiger partial charge >= 0.3 is 0 Å². The van der Waals surface area contributed by atoms with Gasteiger partial charge in [-0.05, 0) is 27.3 Å². The van der Waals surface area contributed by atoms with Gasteiger partial charge in [-0.15, -0.1) is 0 Å². The second-order valence-corrected chi connectivity index (χ2v) is 6.87. The van der Waals surface area contributed by atoms with Gasteiger partial charge in [-0.2, -0.15) is 0 Å². The fourth-order valence-electron chi connectivity index (χ4n) is 3.70. The van der Waals surface area contributed by atoms with E-state index in [0.29, 0.717) is 5.75 Å². The maximum Gasteiger partial charge on any atom is 0.272 e. The van der Waals surface area contributed by atoms with E-state index in [9.17, 15) is 5.11 Å². The van der Waals surface area contributed by atoms with Crippen molar-refractivity contribution in [3.05, 3.63) is 54.6 Å². The average Bonchev–Trinajstić information content (AvgIpc) is 3.03. The molecule has 5 rings (SSSR count). The summed E-state index contributed by atoms with van der Waals surface area (Å²) in [6.07, 6.45) is 0. The quantitative estimate of drug-likeness (QED) is 0.195. The molecule has 5 nitrogen and oxygen atoms in total. The third-order valence-corrected chi connectivity index (χ3v) is 5.30. The highest BCUT2D eigenvalue weighted by atomic mass is 79.9. The molecule has 3 aromatic carbocycles. The number of rotatable bonds is 3. The van der Waals surface area contributed by atoms with Crippen LogP contribution in [0.15, 0.2) is 59.7 Å². The predicted molar refractivity (Wildman–Crippen MR) is 107 cm³/mol. The number of hydrogen-bond donors (Lipinski definition) is 0. The maximum atomic E-state index is 12.2. The van der Waals surface area contributed by atoms with Crippen LogP contribution < -0.4 is 14.5 Å². The highest BCUT2D eigenvalue weighted by Crippen LogP contribution is 2.45. The normalized spacial score (nSPS) is 12.6. The second kappa shape index (κ2) is 6.03. The van der Waals surface area contributed by atoms with Crippen LogP contribution in [0, 0.1) is 0 Å². The fraction of sp³-hybridized carbons (Fsp3) is 0.0952. The van der Waals surface area contributed by atoms with Crippen LogP contribution in [-0.4, -0.2) is 23.3 Å². The maximum absolute atomic E-state index is 12.2. The minimum atomic E-state index is -0.256. The van der Waals surface area contributed by atoms with Crippen LogP contribution in [0.5, 0.6) is 5.75 Å². The van der Waals surface area contributed by atoms with Crippen LogP contribution in [0.2, 0.25) is 0 Å². The van der Waals surface area contributed by atoms with E-state index in [-0.39, 0.29) is 11.2 Å². The van der Waals surface area contributed by atoms with E-state index >= 15 is 0 Å². The molecule has 0 spiro atoms. The van der Waals surface area contributed by atoms with Gasteiger partial charge in [0.25, 0.3) is 11.2 Å². The number of methoxy groups -OCH3 is 1. The van der Waals surface area contributed by atoms with E-state index in [4.69, 9.17) is 9.72 Å². The Labute approximate surface area is 163 Å². The molecule has 0 saturated carbocycles. The van der Waals surface area contributed by atoms with Crippen LogP contribution in [-0.2, 0) is 0 Å². The molecule has 1 aliphatic carbocycles. The van der Waals surface area contributed by atoms with Crippen molar-refractivity contribution in [1.29, 1.82) is 0 Å². The molecule has 1 aliphatic rings. The van der Waals surface area contributed by atoms with Gasteiger partial charge in [-0.25, -0.2) is 4.98 Å². The third kappa shape index (κ3) is 2.33. The van der Waals surface area contributed by atoms with Crippen molar-refractivity contribution in [2.75, 3.05) is 12.4 Å². The molecule has 4 aromatic rings. The molecule has 1 heterocycles. The smallest absolute Gasteiger partial charge is 0.272 e. The molecule has 0 N–H and O–H groups in total. The summed E-state index contributed by atoms with van der Waals surface area (Å²) in [5, 5.41) is 19.0. The molecule has 0 atom stereocenters. The lowest BCUT2D eigenvalue weighted by Crippen LogP contribution is -2.37. The van der Waals surface area contributed by atoms with E-state index in [2.05, 4.69) is 45.3 Å². The largest absolute Gasteiger partial charge is 0.857 e. The highest BCUT2D eigenvalue weighted by molar-refractivity contribution is 9.09. The standard InChI is InChI=1S/C21H14BrN3O2/c1-27-13-8-9-17-16(10-13)23-20-14-6-2-4-12-5-3-7-15(19(12)14)21(20)25(17)24-18(26)11-22/h2-10H,11H2,1H3. The van der Waals surface area contributed by atoms with Gasteiger partial charge in [-0.1, -0.05) is 46.3 Å². The van der Waals surface area contributed by atoms with Gasteiger partial charge in [0.2, 0.25) is 0 Å². The molecule has 132 valence electrons. The third-order valence-electron chi connectivity index (χ3n) is 4.82. The summed E-state index contributed by atoms with van der Waals surface area (Å²) in [4.78, 5) is 4.91. The molecule has 0 fully saturated rings. The van der Waals surface area contributed by atoms with Crippen molar-refractivity contribution in [2.45, 2.75) is 0 Å². The van der Waals surface area contributed by atoms with Crippen molar-refractivity contribution >= 4 is 43.6 Å². The summed E-state index contributed by atoms with van der Waals surface area (Å²) < 4.78 is 7.07. The molecule has 0 radical (unpaired) electrons. The SMILES string of the molecule is COc1ccc2c(c1)nc1c([n+]2/N=C(\[O-])CBr)-c2cccc3cccc-1c23. The van der Waals surface area contributed by atoms with E-state index < -0.39 is 0 Å². The lowest BCUT2D eigenvalue weighted by Gasteiger charge is -2.07. The van der Waals surface area contributed by atoms with E-state index in [1.54, 1.807) is 11.8 Å². The Bertz CT molecular complexity index is 1260. The Morgan fingerprint density at radius 1 is 1.15 bits per heavy atom. The monoisotopic (exact) mass is 419 g/mol. The molecule has 0 saturated heterocycles. The number of nitrogens with zero attached hydrogens (tertiary/aromatic N) is 3. The van der Waals surface area contributed by atoms with Gasteiger partial charge in [0.05, 0.1) is 12.7 Å². The molecular weight excluding hydrogens is 406 g/mol. The molecule has 0 amide bonds. The number of aromatic nitrogens is 2. The van der Waals surface area contributed by atoms with E-state index in [1.165, 1.54) is 0 Å². The number of hydrogen-bond acceptors (Lipinski definition) is 4. The number of fused-ring (bicyclic) bond motifs is 4. The molecule has 6 heteroatoms. The summed E-state index contributed by atoms with van der Waals surface area (Å²) >= 11 is 3.21. The van der Waals surface area contributed by atoms with Crippen LogP contribution in [0.3, 0.4) is 0 Å². The van der Waals surface area contributed by atoms with Gasteiger partial charge in [-0.3, -0.25) is 0 Å². The van der Waals surface area contributed by atoms with Gasteiger partial charge in [0.15, 0.2) is 0 Å². The Morgan fingerprint density at radius 2 is 1.93 bits per heavy atom. The van der Waals surface area contributed by atoms with Crippen molar-refractivity contribution in [2.24, 2.45) is 5.10 Å². The summed E-state index contributed by atoms with van der Waals surface area (Å²) in [6, 6.07) is 17.9. The lowest BCUT2D eigenvalue weighted by molar-refractivity contribution is -0.644. The van der Waals surface area contributed by atoms with Crippen molar-refractivity contribution in [1.82, 2.24) is 4.98 Å². The first kappa shape index (κ1) is 16.2. The van der Waals surface area contributed by atoms with Crippen LogP contribution in [0.1, 0.15) is 0 Å². The second-order valence-electron chi connectivity index (χ2n) is 6.31. The molecule has 0 aliphatic heterocycles. The summed E-state index contributed by atoms with van der Waals surface area (Å²) in [5.41, 5.74) is 5.24. The predicted octanol–water partition coefficient (Wildman–Crippen LogP) is 3.25. The molecule has 27 heavy (non-hydrogen) atoms. The Kier molecular flexibility index (Phi) is 3.62. The van der Waals surface area contributed by atoms with Crippen LogP contribution in [0.25, 0.3) is 44.3 Å².